The number of hydrogen-bond acceptors (Lipinski definition) is 6. The van der Waals surface area contributed by atoms with Gasteiger partial charge in [0.05, 0.1) is 12.1 Å². The second kappa shape index (κ2) is 11.5. The van der Waals surface area contributed by atoms with E-state index in [2.05, 4.69) is 39.5 Å². The van der Waals surface area contributed by atoms with Gasteiger partial charge >= 0.3 is 6.18 Å². The van der Waals surface area contributed by atoms with Crippen molar-refractivity contribution < 1.29 is 27.4 Å². The van der Waals surface area contributed by atoms with Crippen molar-refractivity contribution in [2.75, 3.05) is 6.79 Å². The molecule has 1 amide bonds. The molecular formula is C29H26F3N3O3S. The number of halogens is 3. The summed E-state index contributed by atoms with van der Waals surface area (Å²) in [5, 5.41) is 5.09. The third-order valence-electron chi connectivity index (χ3n) is 6.22. The molecule has 0 saturated carbocycles. The van der Waals surface area contributed by atoms with Gasteiger partial charge in [-0.05, 0) is 47.9 Å². The highest BCUT2D eigenvalue weighted by atomic mass is 32.1. The van der Waals surface area contributed by atoms with Gasteiger partial charge in [-0.2, -0.15) is 13.2 Å². The van der Waals surface area contributed by atoms with Gasteiger partial charge in [-0.3, -0.25) is 9.69 Å². The molecule has 0 spiro atoms. The molecule has 1 aromatic heterocycles. The number of nitrogens with one attached hydrogen (secondary N) is 1. The average Bonchev–Trinajstić information content (AvgIpc) is 3.58. The van der Waals surface area contributed by atoms with E-state index >= 15 is 0 Å². The molecule has 1 aliphatic heterocycles. The summed E-state index contributed by atoms with van der Waals surface area (Å²) >= 11 is 1.37. The van der Waals surface area contributed by atoms with Crippen LogP contribution < -0.4 is 14.8 Å². The fraction of sp³-hybridized carbons (Fsp3) is 0.241. The fourth-order valence-corrected chi connectivity index (χ4v) is 5.04. The Morgan fingerprint density at radius 1 is 0.949 bits per heavy atom. The van der Waals surface area contributed by atoms with Gasteiger partial charge in [0.1, 0.15) is 10.7 Å². The van der Waals surface area contributed by atoms with Crippen LogP contribution in [-0.4, -0.2) is 22.6 Å². The van der Waals surface area contributed by atoms with Crippen molar-refractivity contribution in [2.45, 2.75) is 39.3 Å². The fourth-order valence-electron chi connectivity index (χ4n) is 4.23. The molecular weight excluding hydrogens is 527 g/mol. The second-order valence-corrected chi connectivity index (χ2v) is 10.3. The number of benzene rings is 3. The highest BCUT2D eigenvalue weighted by Gasteiger charge is 2.30. The average molecular weight is 554 g/mol. The highest BCUT2D eigenvalue weighted by molar-refractivity contribution is 7.09. The molecule has 0 saturated heterocycles. The molecule has 3 aromatic carbocycles. The number of aryl methyl sites for hydroxylation is 1. The van der Waals surface area contributed by atoms with Crippen LogP contribution in [0.25, 0.3) is 0 Å². The lowest BCUT2D eigenvalue weighted by Gasteiger charge is -2.22. The lowest BCUT2D eigenvalue weighted by atomic mass is 10.1. The SMILES string of the molecule is Cc1ccc(CN(Cc2ccc3c(c2)OCO3)Cc2nc(C(=O)NCc3cccc(C(F)(F)F)c3)cs2)cc1. The maximum atomic E-state index is 13.0. The lowest BCUT2D eigenvalue weighted by Crippen LogP contribution is -2.24. The number of carbonyl (C=O) groups is 1. The standard InChI is InChI=1S/C29H26F3N3O3S/c1-19-5-7-20(8-6-19)14-35(15-22-9-10-25-26(12-22)38-18-37-25)16-27-34-24(17-39-27)28(36)33-13-21-3-2-4-23(11-21)29(30,31)32/h2-12,17H,13-16,18H2,1H3,(H,33,36). The van der Waals surface area contributed by atoms with Gasteiger partial charge in [0.15, 0.2) is 11.5 Å². The molecule has 0 bridgehead atoms. The molecule has 1 N–H and O–H groups in total. The molecule has 0 atom stereocenters. The van der Waals surface area contributed by atoms with Gasteiger partial charge in [0, 0.05) is 25.0 Å². The third kappa shape index (κ3) is 6.96. The summed E-state index contributed by atoms with van der Waals surface area (Å²) in [4.78, 5) is 19.4. The molecule has 4 aromatic rings. The summed E-state index contributed by atoms with van der Waals surface area (Å²) in [5.41, 5.74) is 3.24. The number of alkyl halides is 3. The Hall–Kier alpha value is -3.89. The number of ether oxygens (including phenoxy) is 2. The largest absolute Gasteiger partial charge is 0.454 e. The van der Waals surface area contributed by atoms with Crippen LogP contribution in [0.4, 0.5) is 13.2 Å². The van der Waals surface area contributed by atoms with Crippen LogP contribution in [0.1, 0.15) is 43.3 Å². The van der Waals surface area contributed by atoms with E-state index < -0.39 is 17.6 Å². The van der Waals surface area contributed by atoms with E-state index in [9.17, 15) is 18.0 Å². The maximum absolute atomic E-state index is 13.0. The molecule has 5 rings (SSSR count). The Kier molecular flexibility index (Phi) is 7.85. The van der Waals surface area contributed by atoms with Crippen molar-refractivity contribution >= 4 is 17.2 Å². The van der Waals surface area contributed by atoms with E-state index in [0.29, 0.717) is 25.2 Å². The minimum Gasteiger partial charge on any atom is -0.454 e. The quantitative estimate of drug-likeness (QED) is 0.262. The number of hydrogen-bond donors (Lipinski definition) is 1. The first kappa shape index (κ1) is 26.7. The summed E-state index contributed by atoms with van der Waals surface area (Å²) in [6.07, 6.45) is -4.44. The van der Waals surface area contributed by atoms with Crippen molar-refractivity contribution in [3.8, 4) is 11.5 Å². The molecule has 6 nitrogen and oxygen atoms in total. The van der Waals surface area contributed by atoms with Crippen LogP contribution in [0.3, 0.4) is 0 Å². The second-order valence-electron chi connectivity index (χ2n) is 9.33. The minimum atomic E-state index is -4.44. The van der Waals surface area contributed by atoms with E-state index in [1.165, 1.54) is 23.0 Å². The van der Waals surface area contributed by atoms with E-state index in [1.807, 2.05) is 25.1 Å². The van der Waals surface area contributed by atoms with Crippen molar-refractivity contribution in [3.63, 3.8) is 0 Å². The van der Waals surface area contributed by atoms with Crippen molar-refractivity contribution in [2.24, 2.45) is 0 Å². The number of fused-ring (bicyclic) bond motifs is 1. The van der Waals surface area contributed by atoms with E-state index in [1.54, 1.807) is 11.4 Å². The summed E-state index contributed by atoms with van der Waals surface area (Å²) in [6.45, 7) is 4.03. The van der Waals surface area contributed by atoms with E-state index in [-0.39, 0.29) is 19.0 Å². The summed E-state index contributed by atoms with van der Waals surface area (Å²) in [5.74, 6) is 1.01. The first-order valence-electron chi connectivity index (χ1n) is 12.3. The van der Waals surface area contributed by atoms with Crippen molar-refractivity contribution in [1.29, 1.82) is 0 Å². The van der Waals surface area contributed by atoms with Crippen LogP contribution in [0.2, 0.25) is 0 Å². The van der Waals surface area contributed by atoms with Gasteiger partial charge < -0.3 is 14.8 Å². The molecule has 1 aliphatic rings. The summed E-state index contributed by atoms with van der Waals surface area (Å²) < 4.78 is 49.9. The molecule has 0 fully saturated rings. The van der Waals surface area contributed by atoms with E-state index in [0.717, 1.165) is 39.8 Å². The van der Waals surface area contributed by atoms with Crippen molar-refractivity contribution in [1.82, 2.24) is 15.2 Å². The van der Waals surface area contributed by atoms with Crippen LogP contribution >= 0.6 is 11.3 Å². The third-order valence-corrected chi connectivity index (χ3v) is 7.05. The Labute approximate surface area is 228 Å². The molecule has 0 unspecified atom stereocenters. The minimum absolute atomic E-state index is 0.0285. The number of thiazole rings is 1. The monoisotopic (exact) mass is 553 g/mol. The lowest BCUT2D eigenvalue weighted by molar-refractivity contribution is -0.137. The zero-order valence-electron chi connectivity index (χ0n) is 21.1. The molecule has 0 aliphatic carbocycles. The number of aromatic nitrogens is 1. The Balaban J connectivity index is 1.26. The Bertz CT molecular complexity index is 1450. The number of amides is 1. The number of carbonyl (C=O) groups excluding carboxylic acids is 1. The van der Waals surface area contributed by atoms with Crippen LogP contribution in [-0.2, 0) is 32.4 Å². The first-order valence-corrected chi connectivity index (χ1v) is 13.2. The molecule has 10 heteroatoms. The topological polar surface area (TPSA) is 63.7 Å². The molecule has 202 valence electrons. The maximum Gasteiger partial charge on any atom is 0.416 e. The Morgan fingerprint density at radius 3 is 2.49 bits per heavy atom. The molecule has 0 radical (unpaired) electrons. The smallest absolute Gasteiger partial charge is 0.416 e. The van der Waals surface area contributed by atoms with Gasteiger partial charge in [0.2, 0.25) is 6.79 Å². The number of nitrogens with zero attached hydrogens (tertiary/aromatic N) is 2. The van der Waals surface area contributed by atoms with Gasteiger partial charge in [-0.25, -0.2) is 4.98 Å². The zero-order chi connectivity index (χ0) is 27.4. The Morgan fingerprint density at radius 2 is 1.69 bits per heavy atom. The molecule has 39 heavy (non-hydrogen) atoms. The molecule has 2 heterocycles. The zero-order valence-corrected chi connectivity index (χ0v) is 21.9. The van der Waals surface area contributed by atoms with E-state index in [4.69, 9.17) is 9.47 Å². The van der Waals surface area contributed by atoms with Gasteiger partial charge in [-0.15, -0.1) is 11.3 Å². The summed E-state index contributed by atoms with van der Waals surface area (Å²) in [7, 11) is 0. The van der Waals surface area contributed by atoms with Crippen molar-refractivity contribution in [3.05, 3.63) is 111 Å². The predicted molar refractivity (Wildman–Crippen MR) is 141 cm³/mol. The highest BCUT2D eigenvalue weighted by Crippen LogP contribution is 2.33. The van der Waals surface area contributed by atoms with Gasteiger partial charge in [0.25, 0.3) is 5.91 Å². The van der Waals surface area contributed by atoms with Crippen LogP contribution in [0.15, 0.2) is 72.1 Å². The normalized spacial score (nSPS) is 12.6. The first-order chi connectivity index (χ1) is 18.7. The predicted octanol–water partition coefficient (Wildman–Crippen LogP) is 6.33. The van der Waals surface area contributed by atoms with Gasteiger partial charge in [-0.1, -0.05) is 48.0 Å². The van der Waals surface area contributed by atoms with Crippen LogP contribution in [0, 0.1) is 6.92 Å². The van der Waals surface area contributed by atoms with Crippen LogP contribution in [0.5, 0.6) is 11.5 Å². The number of rotatable bonds is 9. The summed E-state index contributed by atoms with van der Waals surface area (Å²) in [6, 6.07) is 19.1.